The number of hydrogen-bond acceptors (Lipinski definition) is 4. The second kappa shape index (κ2) is 10.8. The Hall–Kier alpha value is -3.93. The van der Waals surface area contributed by atoms with Gasteiger partial charge in [-0.3, -0.25) is 4.79 Å². The van der Waals surface area contributed by atoms with Crippen molar-refractivity contribution in [1.29, 1.82) is 0 Å². The smallest absolute Gasteiger partial charge is 0.336 e. The van der Waals surface area contributed by atoms with Gasteiger partial charge in [-0.2, -0.15) is 4.98 Å². The number of ether oxygens (including phenoxy) is 1. The Balaban J connectivity index is 1.53. The second-order valence-electron chi connectivity index (χ2n) is 8.18. The van der Waals surface area contributed by atoms with E-state index in [1.54, 1.807) is 4.68 Å². The molecule has 0 aliphatic rings. The quantitative estimate of drug-likeness (QED) is 0.325. The average Bonchev–Trinajstić information content (AvgIpc) is 3.27. The maximum atomic E-state index is 12.7. The molecule has 1 aromatic heterocycles. The van der Waals surface area contributed by atoms with Gasteiger partial charge in [-0.15, -0.1) is 5.10 Å². The zero-order chi connectivity index (χ0) is 23.9. The van der Waals surface area contributed by atoms with Crippen LogP contribution in [0.5, 0.6) is 6.01 Å². The van der Waals surface area contributed by atoms with E-state index in [0.29, 0.717) is 29.7 Å². The molecular weight excluding hydrogens is 424 g/mol. The standard InChI is InChI=1S/C28H30N4O2/c1-4-6-10-21-12-14-22(15-13-21)27(33)29-23-16-18-24(19-17-23)32-26(30-28(31-32)34-5-2)25-11-8-7-9-20(25)3/h7-9,11-19H,4-6,10H2,1-3H3,(H,29,33). The summed E-state index contributed by atoms with van der Waals surface area (Å²) in [5.74, 6) is 0.580. The van der Waals surface area contributed by atoms with Gasteiger partial charge in [0.25, 0.3) is 5.91 Å². The summed E-state index contributed by atoms with van der Waals surface area (Å²) in [4.78, 5) is 17.3. The molecule has 0 spiro atoms. The molecule has 6 heteroatoms. The topological polar surface area (TPSA) is 69.0 Å². The zero-order valence-electron chi connectivity index (χ0n) is 19.9. The van der Waals surface area contributed by atoms with Crippen molar-refractivity contribution in [1.82, 2.24) is 14.8 Å². The van der Waals surface area contributed by atoms with Crippen molar-refractivity contribution in [3.8, 4) is 23.1 Å². The monoisotopic (exact) mass is 454 g/mol. The molecule has 3 aromatic carbocycles. The molecular formula is C28H30N4O2. The van der Waals surface area contributed by atoms with E-state index in [0.717, 1.165) is 36.1 Å². The summed E-state index contributed by atoms with van der Waals surface area (Å²) in [7, 11) is 0. The van der Waals surface area contributed by atoms with Crippen molar-refractivity contribution in [3.05, 3.63) is 89.5 Å². The van der Waals surface area contributed by atoms with E-state index >= 15 is 0 Å². The molecule has 0 atom stereocenters. The van der Waals surface area contributed by atoms with Crippen LogP contribution in [0.15, 0.2) is 72.8 Å². The Kier molecular flexibility index (Phi) is 7.38. The van der Waals surface area contributed by atoms with Crippen LogP contribution in [0.3, 0.4) is 0 Å². The molecule has 4 rings (SSSR count). The molecule has 174 valence electrons. The SMILES string of the molecule is CCCCc1ccc(C(=O)Nc2ccc(-n3nc(OCC)nc3-c3ccccc3C)cc2)cc1. The lowest BCUT2D eigenvalue weighted by molar-refractivity contribution is 0.102. The van der Waals surface area contributed by atoms with Crippen LogP contribution in [-0.4, -0.2) is 27.3 Å². The first-order valence-corrected chi connectivity index (χ1v) is 11.8. The summed E-state index contributed by atoms with van der Waals surface area (Å²) >= 11 is 0. The Bertz CT molecular complexity index is 1240. The van der Waals surface area contributed by atoms with Crippen molar-refractivity contribution < 1.29 is 9.53 Å². The van der Waals surface area contributed by atoms with Crippen LogP contribution < -0.4 is 10.1 Å². The summed E-state index contributed by atoms with van der Waals surface area (Å²) in [6, 6.07) is 23.8. The molecule has 0 unspecified atom stereocenters. The number of nitrogens with one attached hydrogen (secondary N) is 1. The van der Waals surface area contributed by atoms with Crippen LogP contribution in [0.1, 0.15) is 48.2 Å². The highest BCUT2D eigenvalue weighted by molar-refractivity contribution is 6.04. The molecule has 0 saturated carbocycles. The first kappa shape index (κ1) is 23.2. The number of rotatable bonds is 9. The van der Waals surface area contributed by atoms with Crippen LogP contribution in [0.25, 0.3) is 17.1 Å². The molecule has 0 radical (unpaired) electrons. The molecule has 0 fully saturated rings. The predicted octanol–water partition coefficient (Wildman–Crippen LogP) is 6.24. The van der Waals surface area contributed by atoms with Gasteiger partial charge in [0.1, 0.15) is 0 Å². The van der Waals surface area contributed by atoms with Crippen molar-refractivity contribution in [2.75, 3.05) is 11.9 Å². The van der Waals surface area contributed by atoms with Gasteiger partial charge >= 0.3 is 6.01 Å². The van der Waals surface area contributed by atoms with Gasteiger partial charge in [-0.25, -0.2) is 4.68 Å². The van der Waals surface area contributed by atoms with Crippen LogP contribution in [-0.2, 0) is 6.42 Å². The van der Waals surface area contributed by atoms with Crippen LogP contribution in [0.2, 0.25) is 0 Å². The number of hydrogen-bond donors (Lipinski definition) is 1. The van der Waals surface area contributed by atoms with Gasteiger partial charge < -0.3 is 10.1 Å². The minimum atomic E-state index is -0.130. The second-order valence-corrected chi connectivity index (χ2v) is 8.18. The van der Waals surface area contributed by atoms with Crippen molar-refractivity contribution in [2.24, 2.45) is 0 Å². The predicted molar refractivity (Wildman–Crippen MR) is 136 cm³/mol. The highest BCUT2D eigenvalue weighted by Gasteiger charge is 2.16. The van der Waals surface area contributed by atoms with E-state index < -0.39 is 0 Å². The number of anilines is 1. The third kappa shape index (κ3) is 5.34. The summed E-state index contributed by atoms with van der Waals surface area (Å²) in [5, 5.41) is 7.52. The van der Waals surface area contributed by atoms with Crippen LogP contribution in [0, 0.1) is 6.92 Å². The van der Waals surface area contributed by atoms with E-state index in [2.05, 4.69) is 22.3 Å². The van der Waals surface area contributed by atoms with Gasteiger partial charge in [-0.05, 0) is 74.2 Å². The van der Waals surface area contributed by atoms with Gasteiger partial charge in [0.05, 0.1) is 12.3 Å². The Morgan fingerprint density at radius 3 is 2.38 bits per heavy atom. The van der Waals surface area contributed by atoms with E-state index in [-0.39, 0.29) is 5.91 Å². The third-order valence-corrected chi connectivity index (χ3v) is 5.65. The van der Waals surface area contributed by atoms with Crippen molar-refractivity contribution in [3.63, 3.8) is 0 Å². The number of amides is 1. The lowest BCUT2D eigenvalue weighted by atomic mass is 10.1. The molecule has 1 amide bonds. The number of benzene rings is 3. The number of carbonyl (C=O) groups excluding carboxylic acids is 1. The van der Waals surface area contributed by atoms with Crippen LogP contribution in [0.4, 0.5) is 5.69 Å². The fourth-order valence-electron chi connectivity index (χ4n) is 3.75. The number of unbranched alkanes of at least 4 members (excludes halogenated alkanes) is 1. The summed E-state index contributed by atoms with van der Waals surface area (Å²) < 4.78 is 7.34. The summed E-state index contributed by atoms with van der Waals surface area (Å²) in [6.07, 6.45) is 3.35. The van der Waals surface area contributed by atoms with E-state index in [1.807, 2.05) is 86.6 Å². The first-order chi connectivity index (χ1) is 16.6. The molecule has 6 nitrogen and oxygen atoms in total. The fourth-order valence-corrected chi connectivity index (χ4v) is 3.75. The normalized spacial score (nSPS) is 10.8. The Morgan fingerprint density at radius 1 is 0.971 bits per heavy atom. The number of carbonyl (C=O) groups is 1. The average molecular weight is 455 g/mol. The largest absolute Gasteiger partial charge is 0.463 e. The molecule has 1 heterocycles. The lowest BCUT2D eigenvalue weighted by Crippen LogP contribution is -2.12. The van der Waals surface area contributed by atoms with Gasteiger partial charge in [0.2, 0.25) is 0 Å². The molecule has 4 aromatic rings. The maximum Gasteiger partial charge on any atom is 0.336 e. The fraction of sp³-hybridized carbons (Fsp3) is 0.250. The van der Waals surface area contributed by atoms with Crippen molar-refractivity contribution in [2.45, 2.75) is 40.0 Å². The molecule has 0 bridgehead atoms. The minimum Gasteiger partial charge on any atom is -0.463 e. The molecule has 1 N–H and O–H groups in total. The number of nitrogens with zero attached hydrogens (tertiary/aromatic N) is 3. The third-order valence-electron chi connectivity index (χ3n) is 5.65. The highest BCUT2D eigenvalue weighted by Crippen LogP contribution is 2.27. The Labute approximate surface area is 200 Å². The summed E-state index contributed by atoms with van der Waals surface area (Å²) in [5.41, 5.74) is 5.53. The first-order valence-electron chi connectivity index (χ1n) is 11.8. The summed E-state index contributed by atoms with van der Waals surface area (Å²) in [6.45, 7) is 6.62. The zero-order valence-corrected chi connectivity index (χ0v) is 19.9. The molecule has 0 aliphatic heterocycles. The van der Waals surface area contributed by atoms with E-state index in [1.165, 1.54) is 5.56 Å². The van der Waals surface area contributed by atoms with Crippen LogP contribution >= 0.6 is 0 Å². The molecule has 0 aliphatic carbocycles. The maximum absolute atomic E-state index is 12.7. The number of aromatic nitrogens is 3. The van der Waals surface area contributed by atoms with E-state index in [9.17, 15) is 4.79 Å². The van der Waals surface area contributed by atoms with Gasteiger partial charge in [-0.1, -0.05) is 49.7 Å². The number of aryl methyl sites for hydroxylation is 2. The van der Waals surface area contributed by atoms with Gasteiger partial charge in [0, 0.05) is 16.8 Å². The molecule has 0 saturated heterocycles. The Morgan fingerprint density at radius 2 is 1.71 bits per heavy atom. The van der Waals surface area contributed by atoms with Gasteiger partial charge in [0.15, 0.2) is 5.82 Å². The molecule has 34 heavy (non-hydrogen) atoms. The minimum absolute atomic E-state index is 0.130. The van der Waals surface area contributed by atoms with E-state index in [4.69, 9.17) is 4.74 Å². The van der Waals surface area contributed by atoms with Crippen molar-refractivity contribution >= 4 is 11.6 Å². The highest BCUT2D eigenvalue weighted by atomic mass is 16.5. The lowest BCUT2D eigenvalue weighted by Gasteiger charge is -2.10.